The monoisotopic (exact) mass is 277 g/mol. The maximum Gasteiger partial charge on any atom is 0.323 e. The molecule has 1 saturated heterocycles. The molecule has 9 heteroatoms. The van der Waals surface area contributed by atoms with E-state index in [4.69, 9.17) is 15.2 Å². The quantitative estimate of drug-likeness (QED) is 0.820. The van der Waals surface area contributed by atoms with Crippen LogP contribution < -0.4 is 10.5 Å². The summed E-state index contributed by atoms with van der Waals surface area (Å²) in [5, 5.41) is 3.94. The molecule has 9 nitrogen and oxygen atoms in total. The predicted octanol–water partition coefficient (Wildman–Crippen LogP) is -0.160. The molecule has 106 valence electrons. The topological polar surface area (TPSA) is 114 Å². The second-order valence-electron chi connectivity index (χ2n) is 4.48. The largest absolute Gasteiger partial charge is 0.463 e. The molecular weight excluding hydrogens is 262 g/mol. The van der Waals surface area contributed by atoms with E-state index in [0.717, 1.165) is 26.1 Å². The average Bonchev–Trinajstić information content (AvgIpc) is 3.00. The SMILES string of the molecule is Nc1nc(OCC2CCOCC2)nc(-n2cncn2)n1. The number of anilines is 1. The van der Waals surface area contributed by atoms with Gasteiger partial charge in [-0.3, -0.25) is 0 Å². The Kier molecular flexibility index (Phi) is 3.68. The molecule has 2 aromatic rings. The average molecular weight is 277 g/mol. The Morgan fingerprint density at radius 1 is 1.30 bits per heavy atom. The summed E-state index contributed by atoms with van der Waals surface area (Å²) in [6, 6.07) is 0.203. The molecule has 0 saturated carbocycles. The number of rotatable bonds is 4. The van der Waals surface area contributed by atoms with Crippen LogP contribution in [0.4, 0.5) is 5.95 Å². The smallest absolute Gasteiger partial charge is 0.323 e. The van der Waals surface area contributed by atoms with Crippen molar-refractivity contribution in [1.82, 2.24) is 29.7 Å². The molecule has 1 aliphatic heterocycles. The van der Waals surface area contributed by atoms with E-state index in [-0.39, 0.29) is 17.9 Å². The van der Waals surface area contributed by atoms with Crippen LogP contribution in [0.5, 0.6) is 6.01 Å². The molecule has 0 radical (unpaired) electrons. The summed E-state index contributed by atoms with van der Waals surface area (Å²) >= 11 is 0. The molecule has 1 fully saturated rings. The number of nitrogens with two attached hydrogens (primary N) is 1. The van der Waals surface area contributed by atoms with Gasteiger partial charge in [0.1, 0.15) is 12.7 Å². The van der Waals surface area contributed by atoms with Crippen molar-refractivity contribution in [2.45, 2.75) is 12.8 Å². The van der Waals surface area contributed by atoms with Crippen LogP contribution in [0.15, 0.2) is 12.7 Å². The lowest BCUT2D eigenvalue weighted by Gasteiger charge is -2.21. The summed E-state index contributed by atoms with van der Waals surface area (Å²) in [6.45, 7) is 2.10. The van der Waals surface area contributed by atoms with Gasteiger partial charge in [-0.1, -0.05) is 0 Å². The van der Waals surface area contributed by atoms with Gasteiger partial charge < -0.3 is 15.2 Å². The van der Waals surface area contributed by atoms with E-state index >= 15 is 0 Å². The lowest BCUT2D eigenvalue weighted by Crippen LogP contribution is -2.22. The summed E-state index contributed by atoms with van der Waals surface area (Å²) in [5.74, 6) is 0.834. The zero-order valence-corrected chi connectivity index (χ0v) is 10.8. The summed E-state index contributed by atoms with van der Waals surface area (Å²) < 4.78 is 12.3. The van der Waals surface area contributed by atoms with Crippen molar-refractivity contribution in [3.05, 3.63) is 12.7 Å². The minimum atomic E-state index is 0.0903. The summed E-state index contributed by atoms with van der Waals surface area (Å²) in [7, 11) is 0. The van der Waals surface area contributed by atoms with Crippen LogP contribution in [0.1, 0.15) is 12.8 Å². The maximum atomic E-state index is 5.65. The highest BCUT2D eigenvalue weighted by Crippen LogP contribution is 2.16. The lowest BCUT2D eigenvalue weighted by atomic mass is 10.0. The van der Waals surface area contributed by atoms with Gasteiger partial charge in [0.15, 0.2) is 0 Å². The molecule has 0 spiro atoms. The Bertz CT molecular complexity index is 554. The van der Waals surface area contributed by atoms with E-state index < -0.39 is 0 Å². The van der Waals surface area contributed by atoms with E-state index in [1.165, 1.54) is 17.3 Å². The van der Waals surface area contributed by atoms with Crippen LogP contribution in [0, 0.1) is 5.92 Å². The number of hydrogen-bond acceptors (Lipinski definition) is 8. The van der Waals surface area contributed by atoms with Crippen molar-refractivity contribution in [3.63, 3.8) is 0 Å². The zero-order valence-electron chi connectivity index (χ0n) is 10.8. The highest BCUT2D eigenvalue weighted by atomic mass is 16.5. The van der Waals surface area contributed by atoms with E-state index in [0.29, 0.717) is 12.5 Å². The third-order valence-corrected chi connectivity index (χ3v) is 3.03. The van der Waals surface area contributed by atoms with E-state index in [2.05, 4.69) is 25.0 Å². The molecule has 0 bridgehead atoms. The fourth-order valence-electron chi connectivity index (χ4n) is 1.94. The molecule has 0 amide bonds. The van der Waals surface area contributed by atoms with Crippen molar-refractivity contribution >= 4 is 5.95 Å². The number of nitrogens with zero attached hydrogens (tertiary/aromatic N) is 6. The normalized spacial score (nSPS) is 16.2. The van der Waals surface area contributed by atoms with Gasteiger partial charge in [0.05, 0.1) is 6.61 Å². The van der Waals surface area contributed by atoms with Gasteiger partial charge in [-0.25, -0.2) is 4.98 Å². The molecule has 3 rings (SSSR count). The van der Waals surface area contributed by atoms with Crippen molar-refractivity contribution in [2.24, 2.45) is 5.92 Å². The van der Waals surface area contributed by atoms with Crippen LogP contribution >= 0.6 is 0 Å². The third-order valence-electron chi connectivity index (χ3n) is 3.03. The molecule has 1 aliphatic rings. The molecule has 3 heterocycles. The van der Waals surface area contributed by atoms with E-state index in [9.17, 15) is 0 Å². The molecular formula is C11H15N7O2. The molecule has 2 aromatic heterocycles. The Morgan fingerprint density at radius 2 is 2.15 bits per heavy atom. The van der Waals surface area contributed by atoms with Gasteiger partial charge in [0.2, 0.25) is 5.95 Å². The van der Waals surface area contributed by atoms with Crippen LogP contribution in [0.3, 0.4) is 0 Å². The minimum absolute atomic E-state index is 0.0903. The summed E-state index contributed by atoms with van der Waals surface area (Å²) in [5.41, 5.74) is 5.65. The fourth-order valence-corrected chi connectivity index (χ4v) is 1.94. The minimum Gasteiger partial charge on any atom is -0.463 e. The van der Waals surface area contributed by atoms with E-state index in [1.54, 1.807) is 0 Å². The van der Waals surface area contributed by atoms with Gasteiger partial charge in [-0.05, 0) is 18.8 Å². The van der Waals surface area contributed by atoms with Crippen molar-refractivity contribution in [1.29, 1.82) is 0 Å². The van der Waals surface area contributed by atoms with Gasteiger partial charge in [0.25, 0.3) is 5.95 Å². The predicted molar refractivity (Wildman–Crippen MR) is 68.2 cm³/mol. The molecule has 20 heavy (non-hydrogen) atoms. The van der Waals surface area contributed by atoms with Crippen LogP contribution in [-0.4, -0.2) is 49.5 Å². The first-order chi connectivity index (χ1) is 9.81. The lowest BCUT2D eigenvalue weighted by molar-refractivity contribution is 0.0482. The zero-order chi connectivity index (χ0) is 13.8. The molecule has 0 aromatic carbocycles. The van der Waals surface area contributed by atoms with Crippen molar-refractivity contribution < 1.29 is 9.47 Å². The standard InChI is InChI=1S/C11H15N7O2/c12-9-15-10(18-7-13-6-14-18)17-11(16-9)20-5-8-1-3-19-4-2-8/h6-8H,1-5H2,(H2,12,15,16,17). The van der Waals surface area contributed by atoms with Gasteiger partial charge in [-0.2, -0.15) is 24.7 Å². The van der Waals surface area contributed by atoms with Gasteiger partial charge in [0, 0.05) is 13.2 Å². The Hall–Kier alpha value is -2.29. The molecule has 0 aliphatic carbocycles. The first-order valence-electron chi connectivity index (χ1n) is 6.38. The second kappa shape index (κ2) is 5.78. The highest BCUT2D eigenvalue weighted by Gasteiger charge is 2.16. The third kappa shape index (κ3) is 2.99. The molecule has 0 unspecified atom stereocenters. The molecule has 0 atom stereocenters. The van der Waals surface area contributed by atoms with Crippen molar-refractivity contribution in [3.8, 4) is 12.0 Å². The number of aromatic nitrogens is 6. The highest BCUT2D eigenvalue weighted by molar-refractivity contribution is 5.23. The van der Waals surface area contributed by atoms with Crippen LogP contribution in [0.2, 0.25) is 0 Å². The number of nitrogen functional groups attached to an aromatic ring is 1. The van der Waals surface area contributed by atoms with Crippen LogP contribution in [0.25, 0.3) is 5.95 Å². The van der Waals surface area contributed by atoms with Crippen molar-refractivity contribution in [2.75, 3.05) is 25.6 Å². The number of ether oxygens (including phenoxy) is 2. The summed E-state index contributed by atoms with van der Waals surface area (Å²) in [4.78, 5) is 16.0. The first kappa shape index (κ1) is 12.7. The Morgan fingerprint density at radius 3 is 2.90 bits per heavy atom. The number of hydrogen-bond donors (Lipinski definition) is 1. The van der Waals surface area contributed by atoms with Gasteiger partial charge >= 0.3 is 6.01 Å². The Labute approximate surface area is 115 Å². The molecule has 2 N–H and O–H groups in total. The fraction of sp³-hybridized carbons (Fsp3) is 0.545. The van der Waals surface area contributed by atoms with Gasteiger partial charge in [-0.15, -0.1) is 0 Å². The second-order valence-corrected chi connectivity index (χ2v) is 4.48. The summed E-state index contributed by atoms with van der Waals surface area (Å²) in [6.07, 6.45) is 4.84. The van der Waals surface area contributed by atoms with E-state index in [1.807, 2.05) is 0 Å². The first-order valence-corrected chi connectivity index (χ1v) is 6.38. The Balaban J connectivity index is 1.69. The van der Waals surface area contributed by atoms with Crippen LogP contribution in [-0.2, 0) is 4.74 Å². The maximum absolute atomic E-state index is 5.65.